The van der Waals surface area contributed by atoms with Gasteiger partial charge in [-0.15, -0.1) is 0 Å². The van der Waals surface area contributed by atoms with Gasteiger partial charge in [0.05, 0.1) is 4.11 Å². The van der Waals surface area contributed by atoms with Gasteiger partial charge < -0.3 is 14.5 Å². The highest BCUT2D eigenvalue weighted by atomic mass is 31.2. The van der Waals surface area contributed by atoms with Crippen LogP contribution in [0.25, 0.3) is 0 Å². The van der Waals surface area contributed by atoms with Crippen LogP contribution in [0.15, 0.2) is 18.1 Å². The van der Waals surface area contributed by atoms with E-state index < -0.39 is 88.8 Å². The van der Waals surface area contributed by atoms with Gasteiger partial charge >= 0.3 is 7.82 Å². The summed E-state index contributed by atoms with van der Waals surface area (Å²) in [5.74, 6) is -9.51. The van der Waals surface area contributed by atoms with Crippen molar-refractivity contribution in [1.29, 1.82) is 0 Å². The van der Waals surface area contributed by atoms with Crippen molar-refractivity contribution in [3.63, 3.8) is 0 Å². The zero-order chi connectivity index (χ0) is 29.1. The monoisotopic (exact) mass is 305 g/mol. The maximum Gasteiger partial charge on any atom is 0.472 e. The van der Waals surface area contributed by atoms with Crippen LogP contribution in [0, 0.1) is 0 Å². The van der Waals surface area contributed by atoms with Crippen LogP contribution >= 0.6 is 7.82 Å². The molecule has 0 aliphatic carbocycles. The normalized spacial score (nSPS) is 29.1. The minimum Gasteiger partial charge on any atom is -0.466 e. The van der Waals surface area contributed by atoms with Gasteiger partial charge in [0.1, 0.15) is 5.75 Å². The van der Waals surface area contributed by atoms with E-state index in [0.717, 1.165) is 0 Å². The van der Waals surface area contributed by atoms with Crippen molar-refractivity contribution in [2.24, 2.45) is 0 Å². The highest BCUT2D eigenvalue weighted by Gasteiger charge is 2.18. The number of ether oxygens (including phenoxy) is 1. The molecule has 0 aliphatic rings. The molecule has 0 saturated carbocycles. The molecule has 1 aromatic carbocycles. The van der Waals surface area contributed by atoms with Gasteiger partial charge in [-0.05, 0) is 22.9 Å². The number of para-hydroxylation sites is 1. The largest absolute Gasteiger partial charge is 0.472 e. The van der Waals surface area contributed by atoms with Crippen molar-refractivity contribution in [1.82, 2.24) is 0 Å². The number of rotatable bonds is 6. The molecule has 108 valence electrons. The lowest BCUT2D eigenvalue weighted by molar-refractivity contribution is 0.0811. The molecule has 19 heavy (non-hydrogen) atoms. The molecule has 0 saturated heterocycles. The first kappa shape index (κ1) is 4.31. The lowest BCUT2D eigenvalue weighted by Crippen LogP contribution is -2.07. The van der Waals surface area contributed by atoms with Gasteiger partial charge in [0.25, 0.3) is 0 Å². The third-order valence-electron chi connectivity index (χ3n) is 1.75. The smallest absolute Gasteiger partial charge is 0.466 e. The summed E-state index contributed by atoms with van der Waals surface area (Å²) in [7, 11) is -5.37. The molecular formula is C13H21O5P. The molecule has 0 heterocycles. The van der Waals surface area contributed by atoms with E-state index in [2.05, 4.69) is 4.52 Å². The number of hydrogen-bond acceptors (Lipinski definition) is 3. The Morgan fingerprint density at radius 1 is 1.32 bits per heavy atom. The molecule has 0 unspecified atom stereocenters. The highest BCUT2D eigenvalue weighted by Crippen LogP contribution is 2.38. The quantitative estimate of drug-likeness (QED) is 0.622. The van der Waals surface area contributed by atoms with Gasteiger partial charge in [-0.2, -0.15) is 0 Å². The van der Waals surface area contributed by atoms with E-state index in [4.69, 9.17) is 37.8 Å². The lowest BCUT2D eigenvalue weighted by atomic mass is 9.94. The van der Waals surface area contributed by atoms with Crippen molar-refractivity contribution in [3.8, 4) is 5.75 Å². The Kier molecular flexibility index (Phi) is 1.48. The molecule has 0 amide bonds. The zero-order valence-corrected chi connectivity index (χ0v) is 10.2. The minimum atomic E-state index is -5.37. The molecule has 0 radical (unpaired) electrons. The van der Waals surface area contributed by atoms with Crippen LogP contribution in [0.5, 0.6) is 5.75 Å². The van der Waals surface area contributed by atoms with Gasteiger partial charge in [0.2, 0.25) is 0 Å². The Morgan fingerprint density at radius 2 is 1.84 bits per heavy atom. The van der Waals surface area contributed by atoms with Crippen LogP contribution in [-0.2, 0) is 9.09 Å². The van der Waals surface area contributed by atoms with Crippen molar-refractivity contribution < 1.29 is 46.9 Å². The first-order valence-corrected chi connectivity index (χ1v) is 6.08. The molecule has 1 rings (SSSR count). The standard InChI is InChI=1S/C13H21O5P/c1-9(2)11-6-5-7-12(10(3)4)13(11)17-8-18-19(14,15)16/h5-7,9-10H,8H2,1-4H3,(H2,14,15,16)/i1D3,2D3,3D3,4D3,5D,6D,7D,9D,10D. The van der Waals surface area contributed by atoms with E-state index in [0.29, 0.717) is 0 Å². The van der Waals surface area contributed by atoms with Crippen molar-refractivity contribution in [2.75, 3.05) is 6.79 Å². The van der Waals surface area contributed by atoms with E-state index in [1.54, 1.807) is 0 Å². The summed E-state index contributed by atoms with van der Waals surface area (Å²) in [6, 6.07) is -4.38. The van der Waals surface area contributed by atoms with Gasteiger partial charge in [0, 0.05) is 19.2 Å². The summed E-state index contributed by atoms with van der Waals surface area (Å²) < 4.78 is 153. The van der Waals surface area contributed by atoms with Crippen LogP contribution in [0.3, 0.4) is 0 Å². The van der Waals surface area contributed by atoms with E-state index in [1.165, 1.54) is 0 Å². The molecule has 5 nitrogen and oxygen atoms in total. The Hall–Kier alpha value is -0.870. The molecular weight excluding hydrogens is 267 g/mol. The first-order chi connectivity index (χ1) is 15.6. The molecule has 0 spiro atoms. The molecule has 6 heteroatoms. The zero-order valence-electron chi connectivity index (χ0n) is 26.3. The number of phosphoric ester groups is 1. The topological polar surface area (TPSA) is 76.0 Å². The van der Waals surface area contributed by atoms with E-state index in [1.807, 2.05) is 0 Å². The van der Waals surface area contributed by atoms with Crippen LogP contribution in [0.2, 0.25) is 0 Å². The first-order valence-electron chi connectivity index (χ1n) is 13.0. The maximum absolute atomic E-state index is 11.1. The molecule has 2 N–H and O–H groups in total. The fraction of sp³-hybridized carbons (Fsp3) is 0.538. The number of hydrogen-bond donors (Lipinski definition) is 2. The molecule has 0 bridgehead atoms. The van der Waals surface area contributed by atoms with Crippen molar-refractivity contribution >= 4 is 7.82 Å². The summed E-state index contributed by atoms with van der Waals surface area (Å²) in [5.41, 5.74) is -3.25. The third-order valence-corrected chi connectivity index (χ3v) is 2.20. The van der Waals surface area contributed by atoms with Crippen LogP contribution in [-0.4, -0.2) is 16.6 Å². The van der Waals surface area contributed by atoms with Crippen LogP contribution in [0.1, 0.15) is 73.6 Å². The Bertz CT molecular complexity index is 941. The van der Waals surface area contributed by atoms with E-state index >= 15 is 0 Å². The number of benzene rings is 1. The summed E-state index contributed by atoms with van der Waals surface area (Å²) in [5, 5.41) is 0. The molecule has 0 fully saturated rings. The van der Waals surface area contributed by atoms with Gasteiger partial charge in [-0.1, -0.05) is 45.5 Å². The summed E-state index contributed by atoms with van der Waals surface area (Å²) in [4.78, 5) is 17.8. The maximum atomic E-state index is 11.1. The predicted molar refractivity (Wildman–Crippen MR) is 73.2 cm³/mol. The molecule has 0 atom stereocenters. The highest BCUT2D eigenvalue weighted by molar-refractivity contribution is 7.46. The fourth-order valence-corrected chi connectivity index (χ4v) is 1.24. The summed E-state index contributed by atoms with van der Waals surface area (Å²) >= 11 is 0. The summed E-state index contributed by atoms with van der Waals surface area (Å²) in [6.07, 6.45) is 0. The second-order valence-corrected chi connectivity index (χ2v) is 4.33. The predicted octanol–water partition coefficient (Wildman–Crippen LogP) is 3.38. The Balaban J connectivity index is 4.52. The molecule has 1 aromatic rings. The van der Waals surface area contributed by atoms with Crippen molar-refractivity contribution in [2.45, 2.75) is 39.2 Å². The van der Waals surface area contributed by atoms with Gasteiger partial charge in [-0.3, -0.25) is 0 Å². The third kappa shape index (κ3) is 4.96. The van der Waals surface area contributed by atoms with Crippen molar-refractivity contribution in [3.05, 3.63) is 29.3 Å². The average molecular weight is 305 g/mol. The molecule has 0 aromatic heterocycles. The lowest BCUT2D eigenvalue weighted by Gasteiger charge is -2.19. The fourth-order valence-electron chi connectivity index (χ4n) is 1.05. The Morgan fingerprint density at radius 3 is 2.26 bits per heavy atom. The van der Waals surface area contributed by atoms with Crippen LogP contribution < -0.4 is 4.74 Å². The molecule has 0 aliphatic heterocycles. The average Bonchev–Trinajstić information content (AvgIpc) is 2.61. The SMILES string of the molecule is [2H]c1c([2H])c(C([2H])(C([2H])([2H])[2H])C([2H])([2H])[2H])c(OCOP(=O)(O)O)c(C([2H])(C([2H])([2H])[2H])C([2H])([2H])[2H])c1[2H]. The van der Waals surface area contributed by atoms with E-state index in [9.17, 15) is 4.57 Å². The van der Waals surface area contributed by atoms with Gasteiger partial charge in [0.15, 0.2) is 6.79 Å². The second-order valence-electron chi connectivity index (χ2n) is 3.09. The second kappa shape index (κ2) is 6.53. The minimum absolute atomic E-state index is 1.43. The Labute approximate surface area is 137 Å². The van der Waals surface area contributed by atoms with E-state index in [-0.39, 0.29) is 0 Å². The van der Waals surface area contributed by atoms with Gasteiger partial charge in [-0.25, -0.2) is 9.09 Å². The summed E-state index contributed by atoms with van der Waals surface area (Å²) in [6.45, 7) is -17.3. The number of phosphoric acid groups is 1. The van der Waals surface area contributed by atoms with Crippen LogP contribution in [0.4, 0.5) is 0 Å².